The van der Waals surface area contributed by atoms with Gasteiger partial charge in [0.25, 0.3) is 0 Å². The lowest BCUT2D eigenvalue weighted by molar-refractivity contribution is -0.143. The number of esters is 1. The molecule has 0 aromatic carbocycles. The number of nitrogens with one attached hydrogen (secondary N) is 1. The number of hydrogen-bond acceptors (Lipinski definition) is 5. The number of unbranched alkanes of at least 4 members (excludes halogenated alkanes) is 50. The Morgan fingerprint density at radius 3 is 0.959 bits per heavy atom. The Labute approximate surface area is 462 Å². The lowest BCUT2D eigenvalue weighted by atomic mass is 10.0. The van der Waals surface area contributed by atoms with E-state index in [4.69, 9.17) is 4.74 Å². The Bertz CT molecular complexity index is 1150. The average Bonchev–Trinajstić information content (AvgIpc) is 3.40. The molecule has 0 spiro atoms. The maximum Gasteiger partial charge on any atom is 0.305 e. The van der Waals surface area contributed by atoms with Crippen molar-refractivity contribution in [3.63, 3.8) is 0 Å². The van der Waals surface area contributed by atoms with Crippen LogP contribution in [0.2, 0.25) is 0 Å². The van der Waals surface area contributed by atoms with Crippen LogP contribution in [0, 0.1) is 0 Å². The van der Waals surface area contributed by atoms with Crippen molar-refractivity contribution in [2.75, 3.05) is 13.2 Å². The highest BCUT2D eigenvalue weighted by atomic mass is 16.5. The van der Waals surface area contributed by atoms with Gasteiger partial charge in [0.1, 0.15) is 0 Å². The number of carbonyl (C=O) groups is 2. The van der Waals surface area contributed by atoms with E-state index in [2.05, 4.69) is 31.3 Å². The minimum atomic E-state index is -0.839. The minimum absolute atomic E-state index is 0.0133. The summed E-state index contributed by atoms with van der Waals surface area (Å²) in [6, 6.07) is -0.622. The second-order valence-electron chi connectivity index (χ2n) is 23.2. The molecular formula is C68H131NO5. The van der Waals surface area contributed by atoms with Gasteiger partial charge in [-0.1, -0.05) is 327 Å². The van der Waals surface area contributed by atoms with Gasteiger partial charge in [-0.05, 0) is 57.8 Å². The summed E-state index contributed by atoms with van der Waals surface area (Å²) in [5, 5.41) is 23.0. The molecule has 0 heterocycles. The lowest BCUT2D eigenvalue weighted by Crippen LogP contribution is -2.45. The molecule has 2 atom stereocenters. The van der Waals surface area contributed by atoms with Crippen LogP contribution in [-0.4, -0.2) is 47.4 Å². The largest absolute Gasteiger partial charge is 0.466 e. The molecule has 3 N–H and O–H groups in total. The van der Waals surface area contributed by atoms with E-state index in [1.54, 1.807) is 6.08 Å². The molecule has 1 amide bonds. The number of amides is 1. The fourth-order valence-corrected chi connectivity index (χ4v) is 10.6. The number of allylic oxidation sites excluding steroid dienone is 3. The normalized spacial score (nSPS) is 12.6. The maximum absolute atomic E-state index is 12.4. The van der Waals surface area contributed by atoms with Gasteiger partial charge < -0.3 is 20.3 Å². The second-order valence-corrected chi connectivity index (χ2v) is 23.2. The first-order valence-electron chi connectivity index (χ1n) is 33.6. The number of ether oxygens (including phenoxy) is 1. The SMILES string of the molecule is CCCCCCCC/C=C\CCCCCCCC(=O)OCCCCCCCCCCCCCCCCCCCCCCCCCCCCCCCCCCC(=O)NC(CO)C(O)/C=C/CCCCCCCCCC. The second kappa shape index (κ2) is 63.9. The first kappa shape index (κ1) is 72.3. The van der Waals surface area contributed by atoms with Gasteiger partial charge in [-0.3, -0.25) is 9.59 Å². The summed E-state index contributed by atoms with van der Waals surface area (Å²) in [6.45, 7) is 4.90. The average molecular weight is 1040 g/mol. The van der Waals surface area contributed by atoms with Crippen LogP contribution in [0.3, 0.4) is 0 Å². The van der Waals surface area contributed by atoms with Crippen molar-refractivity contribution >= 4 is 11.9 Å². The van der Waals surface area contributed by atoms with Crippen LogP contribution in [0.15, 0.2) is 24.3 Å². The molecule has 0 bridgehead atoms. The van der Waals surface area contributed by atoms with E-state index in [1.165, 1.54) is 302 Å². The molecular weight excluding hydrogens is 911 g/mol. The standard InChI is InChI=1S/C68H131NO5/c1-3-5-7-9-11-13-15-16-35-39-42-46-50-54-58-62-68(73)74-63-59-55-51-47-43-40-37-34-32-30-28-26-24-22-20-18-17-19-21-23-25-27-29-31-33-36-38-41-45-49-53-57-61-67(72)69-65(64-70)66(71)60-56-52-48-44-14-12-10-8-6-4-2/h16,35,56,60,65-66,70-71H,3-15,17-34,36-55,57-59,61-64H2,1-2H3,(H,69,72)/b35-16-,60-56+. The first-order chi connectivity index (χ1) is 36.5. The summed E-state index contributed by atoms with van der Waals surface area (Å²) in [4.78, 5) is 24.5. The van der Waals surface area contributed by atoms with Crippen LogP contribution in [0.1, 0.15) is 373 Å². The summed E-state index contributed by atoms with van der Waals surface area (Å²) in [6.07, 6.45) is 79.8. The van der Waals surface area contributed by atoms with Crippen molar-refractivity contribution in [2.45, 2.75) is 386 Å². The predicted molar refractivity (Wildman–Crippen MR) is 324 cm³/mol. The lowest BCUT2D eigenvalue weighted by Gasteiger charge is -2.20. The Balaban J connectivity index is 3.30. The van der Waals surface area contributed by atoms with Gasteiger partial charge >= 0.3 is 5.97 Å². The first-order valence-corrected chi connectivity index (χ1v) is 33.6. The van der Waals surface area contributed by atoms with Gasteiger partial charge in [0.2, 0.25) is 5.91 Å². The van der Waals surface area contributed by atoms with Crippen molar-refractivity contribution in [1.29, 1.82) is 0 Å². The van der Waals surface area contributed by atoms with Crippen LogP contribution in [0.4, 0.5) is 0 Å². The molecule has 74 heavy (non-hydrogen) atoms. The molecule has 0 aliphatic heterocycles. The minimum Gasteiger partial charge on any atom is -0.466 e. The molecule has 0 aliphatic carbocycles. The molecule has 0 rings (SSSR count). The molecule has 0 aromatic heterocycles. The van der Waals surface area contributed by atoms with Crippen LogP contribution >= 0.6 is 0 Å². The molecule has 2 unspecified atom stereocenters. The van der Waals surface area contributed by atoms with Crippen molar-refractivity contribution in [2.24, 2.45) is 0 Å². The van der Waals surface area contributed by atoms with Crippen molar-refractivity contribution in [3.05, 3.63) is 24.3 Å². The van der Waals surface area contributed by atoms with Crippen LogP contribution < -0.4 is 5.32 Å². The fourth-order valence-electron chi connectivity index (χ4n) is 10.6. The van der Waals surface area contributed by atoms with E-state index >= 15 is 0 Å². The molecule has 0 fully saturated rings. The number of hydrogen-bond donors (Lipinski definition) is 3. The van der Waals surface area contributed by atoms with E-state index in [0.717, 1.165) is 44.9 Å². The van der Waals surface area contributed by atoms with E-state index in [9.17, 15) is 19.8 Å². The number of aliphatic hydroxyl groups is 2. The zero-order valence-electron chi connectivity index (χ0n) is 50.1. The summed E-state index contributed by atoms with van der Waals surface area (Å²) >= 11 is 0. The highest BCUT2D eigenvalue weighted by Crippen LogP contribution is 2.18. The molecule has 0 aliphatic rings. The predicted octanol–water partition coefficient (Wildman–Crippen LogP) is 21.4. The van der Waals surface area contributed by atoms with Gasteiger partial charge in [0.15, 0.2) is 0 Å². The zero-order chi connectivity index (χ0) is 53.6. The molecule has 438 valence electrons. The summed E-state index contributed by atoms with van der Waals surface area (Å²) in [5.74, 6) is -0.0507. The third-order valence-corrected chi connectivity index (χ3v) is 15.7. The third-order valence-electron chi connectivity index (χ3n) is 15.7. The summed E-state index contributed by atoms with van der Waals surface area (Å²) in [7, 11) is 0. The van der Waals surface area contributed by atoms with Crippen LogP contribution in [0.5, 0.6) is 0 Å². The summed E-state index contributed by atoms with van der Waals surface area (Å²) in [5.41, 5.74) is 0. The van der Waals surface area contributed by atoms with Gasteiger partial charge in [0, 0.05) is 12.8 Å². The smallest absolute Gasteiger partial charge is 0.305 e. The van der Waals surface area contributed by atoms with Crippen LogP contribution in [-0.2, 0) is 14.3 Å². The Morgan fingerprint density at radius 2 is 0.635 bits per heavy atom. The van der Waals surface area contributed by atoms with E-state index < -0.39 is 12.1 Å². The van der Waals surface area contributed by atoms with Crippen LogP contribution in [0.25, 0.3) is 0 Å². The van der Waals surface area contributed by atoms with E-state index in [1.807, 2.05) is 6.08 Å². The quantitative estimate of drug-likeness (QED) is 0.0320. The zero-order valence-corrected chi connectivity index (χ0v) is 50.1. The van der Waals surface area contributed by atoms with Gasteiger partial charge in [-0.25, -0.2) is 0 Å². The van der Waals surface area contributed by atoms with Crippen molar-refractivity contribution in [1.82, 2.24) is 5.32 Å². The number of aliphatic hydroxyl groups excluding tert-OH is 2. The Hall–Kier alpha value is -1.66. The van der Waals surface area contributed by atoms with E-state index in [0.29, 0.717) is 19.4 Å². The fraction of sp³-hybridized carbons (Fsp3) is 0.912. The van der Waals surface area contributed by atoms with Gasteiger partial charge in [-0.15, -0.1) is 0 Å². The number of rotatable bonds is 63. The molecule has 0 saturated heterocycles. The van der Waals surface area contributed by atoms with Gasteiger partial charge in [-0.2, -0.15) is 0 Å². The third kappa shape index (κ3) is 59.6. The molecule has 0 saturated carbocycles. The molecule has 6 heteroatoms. The topological polar surface area (TPSA) is 95.9 Å². The highest BCUT2D eigenvalue weighted by Gasteiger charge is 2.18. The molecule has 0 radical (unpaired) electrons. The van der Waals surface area contributed by atoms with E-state index in [-0.39, 0.29) is 18.5 Å². The van der Waals surface area contributed by atoms with Crippen molar-refractivity contribution in [3.8, 4) is 0 Å². The summed E-state index contributed by atoms with van der Waals surface area (Å²) < 4.78 is 5.49. The molecule has 6 nitrogen and oxygen atoms in total. The maximum atomic E-state index is 12.4. The number of carbonyl (C=O) groups excluding carboxylic acids is 2. The van der Waals surface area contributed by atoms with Gasteiger partial charge in [0.05, 0.1) is 25.4 Å². The van der Waals surface area contributed by atoms with Crippen molar-refractivity contribution < 1.29 is 24.5 Å². The monoisotopic (exact) mass is 1040 g/mol. The Kier molecular flexibility index (Phi) is 62.4. The highest BCUT2D eigenvalue weighted by molar-refractivity contribution is 5.76. The molecule has 0 aromatic rings. The Morgan fingerprint density at radius 1 is 0.365 bits per heavy atom.